The molecule has 106 valence electrons. The SMILES string of the molecule is Fc1cccc(Cl)c1C(Br)c1ccc(Cl)c2ccccc12. The summed E-state index contributed by atoms with van der Waals surface area (Å²) in [5.41, 5.74) is 1.37. The lowest BCUT2D eigenvalue weighted by Gasteiger charge is -2.16. The van der Waals surface area contributed by atoms with Crippen LogP contribution in [-0.2, 0) is 0 Å². The van der Waals surface area contributed by atoms with Crippen LogP contribution in [0.4, 0.5) is 4.39 Å². The zero-order valence-corrected chi connectivity index (χ0v) is 13.9. The molecule has 0 fully saturated rings. The first-order valence-electron chi connectivity index (χ1n) is 6.34. The van der Waals surface area contributed by atoms with Crippen LogP contribution in [-0.4, -0.2) is 0 Å². The van der Waals surface area contributed by atoms with Gasteiger partial charge in [0.15, 0.2) is 0 Å². The monoisotopic (exact) mass is 382 g/mol. The summed E-state index contributed by atoms with van der Waals surface area (Å²) in [6, 6.07) is 16.2. The van der Waals surface area contributed by atoms with Crippen molar-refractivity contribution in [3.05, 3.63) is 81.6 Å². The molecule has 1 atom stereocenters. The van der Waals surface area contributed by atoms with Crippen molar-refractivity contribution in [2.75, 3.05) is 0 Å². The first-order valence-corrected chi connectivity index (χ1v) is 8.02. The summed E-state index contributed by atoms with van der Waals surface area (Å²) in [5.74, 6) is -0.330. The molecule has 0 N–H and O–H groups in total. The number of alkyl halides is 1. The minimum Gasteiger partial charge on any atom is -0.207 e. The molecule has 21 heavy (non-hydrogen) atoms. The molecule has 0 aliphatic rings. The third kappa shape index (κ3) is 2.68. The van der Waals surface area contributed by atoms with E-state index in [0.717, 1.165) is 16.3 Å². The molecule has 4 heteroatoms. The highest BCUT2D eigenvalue weighted by Crippen LogP contribution is 2.41. The van der Waals surface area contributed by atoms with Crippen molar-refractivity contribution in [1.82, 2.24) is 0 Å². The smallest absolute Gasteiger partial charge is 0.129 e. The van der Waals surface area contributed by atoms with Gasteiger partial charge in [0.05, 0.1) is 4.83 Å². The predicted octanol–water partition coefficient (Wildman–Crippen LogP) is 6.77. The van der Waals surface area contributed by atoms with Gasteiger partial charge in [0.1, 0.15) is 5.82 Å². The molecule has 0 bridgehead atoms. The minimum absolute atomic E-state index is 0.330. The second kappa shape index (κ2) is 5.96. The van der Waals surface area contributed by atoms with Gasteiger partial charge in [-0.2, -0.15) is 0 Å². The summed E-state index contributed by atoms with van der Waals surface area (Å²) in [7, 11) is 0. The molecule has 0 aliphatic carbocycles. The lowest BCUT2D eigenvalue weighted by Crippen LogP contribution is -1.99. The molecule has 3 rings (SSSR count). The minimum atomic E-state index is -0.339. The molecule has 0 aliphatic heterocycles. The Labute approximate surface area is 140 Å². The van der Waals surface area contributed by atoms with Gasteiger partial charge >= 0.3 is 0 Å². The molecule has 0 aromatic heterocycles. The second-order valence-electron chi connectivity index (χ2n) is 4.68. The van der Waals surface area contributed by atoms with Crippen LogP contribution in [0.1, 0.15) is 16.0 Å². The van der Waals surface area contributed by atoms with Crippen LogP contribution in [0, 0.1) is 5.82 Å². The van der Waals surface area contributed by atoms with Gasteiger partial charge in [-0.05, 0) is 29.1 Å². The van der Waals surface area contributed by atoms with Gasteiger partial charge in [0.2, 0.25) is 0 Å². The number of hydrogen-bond donors (Lipinski definition) is 0. The van der Waals surface area contributed by atoms with Crippen LogP contribution in [0.3, 0.4) is 0 Å². The van der Waals surface area contributed by atoms with Crippen molar-refractivity contribution in [3.8, 4) is 0 Å². The Kier molecular flexibility index (Phi) is 4.21. The summed E-state index contributed by atoms with van der Waals surface area (Å²) in [6.07, 6.45) is 0. The molecule has 1 unspecified atom stereocenters. The number of halogens is 4. The molecule has 0 nitrogen and oxygen atoms in total. The van der Waals surface area contributed by atoms with Gasteiger partial charge in [-0.3, -0.25) is 0 Å². The van der Waals surface area contributed by atoms with E-state index in [9.17, 15) is 4.39 Å². The maximum absolute atomic E-state index is 14.1. The zero-order chi connectivity index (χ0) is 15.0. The molecule has 0 spiro atoms. The fourth-order valence-electron chi connectivity index (χ4n) is 2.41. The first kappa shape index (κ1) is 14.8. The topological polar surface area (TPSA) is 0 Å². The Balaban J connectivity index is 2.23. The number of fused-ring (bicyclic) bond motifs is 1. The van der Waals surface area contributed by atoms with Crippen LogP contribution in [0.5, 0.6) is 0 Å². The molecular weight excluding hydrogens is 374 g/mol. The van der Waals surface area contributed by atoms with Crippen LogP contribution in [0.15, 0.2) is 54.6 Å². The Morgan fingerprint density at radius 2 is 1.52 bits per heavy atom. The van der Waals surface area contributed by atoms with E-state index in [4.69, 9.17) is 23.2 Å². The number of benzene rings is 3. The Bertz CT molecular complexity index is 797. The summed E-state index contributed by atoms with van der Waals surface area (Å²) >= 11 is 16.0. The molecule has 0 saturated carbocycles. The quantitative estimate of drug-likeness (QED) is 0.428. The molecule has 3 aromatic carbocycles. The van der Waals surface area contributed by atoms with E-state index in [1.54, 1.807) is 12.1 Å². The van der Waals surface area contributed by atoms with Crippen molar-refractivity contribution in [2.45, 2.75) is 4.83 Å². The molecular formula is C17H10BrCl2F. The molecule has 3 aromatic rings. The van der Waals surface area contributed by atoms with Gasteiger partial charge in [-0.1, -0.05) is 75.5 Å². The average Bonchev–Trinajstić information content (AvgIpc) is 2.47. The lowest BCUT2D eigenvalue weighted by molar-refractivity contribution is 0.614. The average molecular weight is 384 g/mol. The fraction of sp³-hybridized carbons (Fsp3) is 0.0588. The Hall–Kier alpha value is -1.09. The Morgan fingerprint density at radius 1 is 0.810 bits per heavy atom. The van der Waals surface area contributed by atoms with Crippen molar-refractivity contribution in [1.29, 1.82) is 0 Å². The second-order valence-corrected chi connectivity index (χ2v) is 6.41. The van der Waals surface area contributed by atoms with Gasteiger partial charge < -0.3 is 0 Å². The standard InChI is InChI=1S/C17H10BrCl2F/c18-17(16-14(20)6-3-7-15(16)21)12-8-9-13(19)11-5-2-1-4-10(11)12/h1-9,17H. The van der Waals surface area contributed by atoms with E-state index in [1.165, 1.54) is 6.07 Å². The molecule has 0 amide bonds. The highest BCUT2D eigenvalue weighted by molar-refractivity contribution is 9.09. The van der Waals surface area contributed by atoms with Crippen LogP contribution < -0.4 is 0 Å². The number of rotatable bonds is 2. The van der Waals surface area contributed by atoms with Crippen molar-refractivity contribution < 1.29 is 4.39 Å². The summed E-state index contributed by atoms with van der Waals surface area (Å²) in [4.78, 5) is -0.339. The van der Waals surface area contributed by atoms with E-state index in [-0.39, 0.29) is 10.6 Å². The summed E-state index contributed by atoms with van der Waals surface area (Å²) in [6.45, 7) is 0. The van der Waals surface area contributed by atoms with Crippen LogP contribution in [0.2, 0.25) is 10.0 Å². The molecule has 0 saturated heterocycles. The highest BCUT2D eigenvalue weighted by Gasteiger charge is 2.20. The molecule has 0 radical (unpaired) electrons. The van der Waals surface area contributed by atoms with Gasteiger partial charge in [0, 0.05) is 21.0 Å². The van der Waals surface area contributed by atoms with Crippen molar-refractivity contribution in [2.24, 2.45) is 0 Å². The fourth-order valence-corrected chi connectivity index (χ4v) is 3.91. The van der Waals surface area contributed by atoms with Crippen LogP contribution >= 0.6 is 39.1 Å². The van der Waals surface area contributed by atoms with Gasteiger partial charge in [0.25, 0.3) is 0 Å². The van der Waals surface area contributed by atoms with Crippen LogP contribution in [0.25, 0.3) is 10.8 Å². The van der Waals surface area contributed by atoms with Gasteiger partial charge in [-0.15, -0.1) is 0 Å². The third-order valence-electron chi connectivity index (χ3n) is 3.43. The zero-order valence-electron chi connectivity index (χ0n) is 10.8. The summed E-state index contributed by atoms with van der Waals surface area (Å²) in [5, 5.41) is 2.99. The maximum Gasteiger partial charge on any atom is 0.129 e. The van der Waals surface area contributed by atoms with Crippen molar-refractivity contribution >= 4 is 49.9 Å². The maximum atomic E-state index is 14.1. The first-order chi connectivity index (χ1) is 10.1. The van der Waals surface area contributed by atoms with E-state index in [0.29, 0.717) is 15.6 Å². The number of hydrogen-bond acceptors (Lipinski definition) is 0. The highest BCUT2D eigenvalue weighted by atomic mass is 79.9. The normalized spacial score (nSPS) is 12.6. The Morgan fingerprint density at radius 3 is 2.24 bits per heavy atom. The largest absolute Gasteiger partial charge is 0.207 e. The van der Waals surface area contributed by atoms with E-state index in [2.05, 4.69) is 15.9 Å². The van der Waals surface area contributed by atoms with E-state index < -0.39 is 0 Å². The lowest BCUT2D eigenvalue weighted by atomic mass is 9.98. The molecule has 0 heterocycles. The van der Waals surface area contributed by atoms with E-state index in [1.807, 2.05) is 36.4 Å². The summed E-state index contributed by atoms with van der Waals surface area (Å²) < 4.78 is 14.1. The third-order valence-corrected chi connectivity index (χ3v) is 5.04. The van der Waals surface area contributed by atoms with E-state index >= 15 is 0 Å². The van der Waals surface area contributed by atoms with Gasteiger partial charge in [-0.25, -0.2) is 4.39 Å². The predicted molar refractivity (Wildman–Crippen MR) is 91.1 cm³/mol. The van der Waals surface area contributed by atoms with Crippen molar-refractivity contribution in [3.63, 3.8) is 0 Å².